The molecule has 1 unspecified atom stereocenters. The fourth-order valence-electron chi connectivity index (χ4n) is 5.38. The van der Waals surface area contributed by atoms with E-state index in [0.29, 0.717) is 5.56 Å². The van der Waals surface area contributed by atoms with Crippen LogP contribution in [-0.2, 0) is 23.2 Å². The lowest BCUT2D eigenvalue weighted by Crippen LogP contribution is -2.49. The maximum Gasteiger partial charge on any atom is 0.242 e. The summed E-state index contributed by atoms with van der Waals surface area (Å²) in [6.45, 7) is 5.63. The predicted molar refractivity (Wildman–Crippen MR) is 114 cm³/mol. The number of nitrogens with zero attached hydrogens (tertiary/aromatic N) is 5. The summed E-state index contributed by atoms with van der Waals surface area (Å²) in [7, 11) is 0. The molecule has 2 aliphatic rings. The summed E-state index contributed by atoms with van der Waals surface area (Å²) >= 11 is 0. The maximum absolute atomic E-state index is 13.4. The van der Waals surface area contributed by atoms with Crippen molar-refractivity contribution in [3.63, 3.8) is 0 Å². The van der Waals surface area contributed by atoms with E-state index in [4.69, 9.17) is 4.98 Å². The summed E-state index contributed by atoms with van der Waals surface area (Å²) in [4.78, 5) is 24.5. The number of hydrogen-bond acceptors (Lipinski definition) is 4. The molecule has 1 spiro atoms. The minimum Gasteiger partial charge on any atom is -0.340 e. The first-order valence-electron chi connectivity index (χ1n) is 10.6. The molecule has 0 bridgehead atoms. The van der Waals surface area contributed by atoms with E-state index in [1.165, 1.54) is 5.56 Å². The van der Waals surface area contributed by atoms with Gasteiger partial charge in [0.15, 0.2) is 0 Å². The molecular formula is C24H25N5O. The number of carbonyl (C=O) groups excluding carboxylic acids is 1. The highest BCUT2D eigenvalue weighted by Gasteiger charge is 2.44. The molecule has 1 aliphatic carbocycles. The third-order valence-corrected chi connectivity index (χ3v) is 6.93. The van der Waals surface area contributed by atoms with E-state index < -0.39 is 0 Å². The normalized spacial score (nSPS) is 20.5. The van der Waals surface area contributed by atoms with Gasteiger partial charge in [0.1, 0.15) is 18.4 Å². The van der Waals surface area contributed by atoms with Gasteiger partial charge in [0, 0.05) is 35.8 Å². The Morgan fingerprint density at radius 2 is 2.10 bits per heavy atom. The molecule has 3 aromatic rings. The van der Waals surface area contributed by atoms with Crippen molar-refractivity contribution in [2.24, 2.45) is 0 Å². The number of likely N-dealkylation sites (tertiary alicyclic amines) is 1. The molecule has 1 aliphatic heterocycles. The summed E-state index contributed by atoms with van der Waals surface area (Å²) in [5.41, 5.74) is 4.81. The quantitative estimate of drug-likeness (QED) is 0.662. The van der Waals surface area contributed by atoms with Crippen molar-refractivity contribution in [2.45, 2.75) is 51.5 Å². The molecule has 0 N–H and O–H groups in total. The second-order valence-corrected chi connectivity index (χ2v) is 8.67. The molecule has 0 saturated carbocycles. The van der Waals surface area contributed by atoms with Gasteiger partial charge in [-0.25, -0.2) is 9.97 Å². The topological polar surface area (TPSA) is 74.8 Å². The smallest absolute Gasteiger partial charge is 0.242 e. The van der Waals surface area contributed by atoms with Gasteiger partial charge in [-0.15, -0.1) is 0 Å². The van der Waals surface area contributed by atoms with Gasteiger partial charge >= 0.3 is 0 Å². The van der Waals surface area contributed by atoms with E-state index in [9.17, 15) is 10.1 Å². The average molecular weight is 399 g/mol. The van der Waals surface area contributed by atoms with Crippen LogP contribution in [-0.4, -0.2) is 38.4 Å². The van der Waals surface area contributed by atoms with Crippen LogP contribution in [0, 0.1) is 25.2 Å². The van der Waals surface area contributed by atoms with Crippen LogP contribution in [0.2, 0.25) is 0 Å². The predicted octanol–water partition coefficient (Wildman–Crippen LogP) is 3.43. The fourth-order valence-corrected chi connectivity index (χ4v) is 5.38. The zero-order chi connectivity index (χ0) is 20.9. The first-order chi connectivity index (χ1) is 14.5. The molecule has 6 nitrogen and oxygen atoms in total. The largest absolute Gasteiger partial charge is 0.340 e. The van der Waals surface area contributed by atoms with Crippen molar-refractivity contribution in [1.82, 2.24) is 19.4 Å². The second-order valence-electron chi connectivity index (χ2n) is 8.67. The van der Waals surface area contributed by atoms with Crippen LogP contribution in [0.5, 0.6) is 0 Å². The van der Waals surface area contributed by atoms with Gasteiger partial charge in [-0.2, -0.15) is 5.26 Å². The number of fused-ring (bicyclic) bond motifs is 3. The zero-order valence-electron chi connectivity index (χ0n) is 17.5. The minimum absolute atomic E-state index is 0.0391. The standard InChI is InChI=1S/C24H25N5O/c1-16-20(12-25)19-6-3-4-7-21(19)29(16)14-22(30)28-11-5-9-24(15-28)10-8-18-13-26-17(2)27-23(18)24/h3-4,6-7,13H,5,8-11,14-15H2,1-2H3. The van der Waals surface area contributed by atoms with Crippen LogP contribution < -0.4 is 0 Å². The molecule has 1 atom stereocenters. The van der Waals surface area contributed by atoms with Crippen LogP contribution in [0.4, 0.5) is 0 Å². The molecule has 152 valence electrons. The van der Waals surface area contributed by atoms with Crippen molar-refractivity contribution in [1.29, 1.82) is 5.26 Å². The van der Waals surface area contributed by atoms with Gasteiger partial charge in [-0.05, 0) is 51.2 Å². The Morgan fingerprint density at radius 1 is 1.27 bits per heavy atom. The van der Waals surface area contributed by atoms with Gasteiger partial charge in [-0.1, -0.05) is 18.2 Å². The summed E-state index contributed by atoms with van der Waals surface area (Å²) < 4.78 is 1.99. The number of aryl methyl sites for hydroxylation is 2. The third-order valence-electron chi connectivity index (χ3n) is 6.93. The first kappa shape index (κ1) is 18.8. The number of piperidine rings is 1. The van der Waals surface area contributed by atoms with E-state index in [0.717, 1.165) is 66.9 Å². The number of amides is 1. The van der Waals surface area contributed by atoms with Gasteiger partial charge in [0.2, 0.25) is 5.91 Å². The molecular weight excluding hydrogens is 374 g/mol. The molecule has 0 radical (unpaired) electrons. The van der Waals surface area contributed by atoms with E-state index in [1.807, 2.05) is 53.8 Å². The lowest BCUT2D eigenvalue weighted by molar-refractivity contribution is -0.134. The Morgan fingerprint density at radius 3 is 2.93 bits per heavy atom. The highest BCUT2D eigenvalue weighted by atomic mass is 16.2. The van der Waals surface area contributed by atoms with Gasteiger partial charge < -0.3 is 9.47 Å². The molecule has 2 aromatic heterocycles. The van der Waals surface area contributed by atoms with Crippen molar-refractivity contribution >= 4 is 16.8 Å². The van der Waals surface area contributed by atoms with E-state index in [2.05, 4.69) is 11.1 Å². The Labute approximate surface area is 176 Å². The molecule has 6 heteroatoms. The summed E-state index contributed by atoms with van der Waals surface area (Å²) in [5, 5.41) is 10.5. The zero-order valence-corrected chi connectivity index (χ0v) is 17.5. The monoisotopic (exact) mass is 399 g/mol. The Bertz CT molecular complexity index is 1200. The number of rotatable bonds is 2. The SMILES string of the molecule is Cc1ncc2c(n1)C1(CCCN(C(=O)Cn3c(C)c(C#N)c4ccccc43)C1)CC2. The van der Waals surface area contributed by atoms with Crippen molar-refractivity contribution in [2.75, 3.05) is 13.1 Å². The molecule has 5 rings (SSSR count). The number of nitriles is 1. The van der Waals surface area contributed by atoms with Crippen molar-refractivity contribution in [3.8, 4) is 6.07 Å². The molecule has 1 amide bonds. The number of benzene rings is 1. The van der Waals surface area contributed by atoms with Crippen LogP contribution in [0.15, 0.2) is 30.5 Å². The summed E-state index contributed by atoms with van der Waals surface area (Å²) in [6.07, 6.45) is 6.05. The second kappa shape index (κ2) is 6.94. The molecule has 3 heterocycles. The van der Waals surface area contributed by atoms with E-state index >= 15 is 0 Å². The molecule has 30 heavy (non-hydrogen) atoms. The average Bonchev–Trinajstić information content (AvgIpc) is 3.23. The number of para-hydroxylation sites is 1. The van der Waals surface area contributed by atoms with Gasteiger partial charge in [0.25, 0.3) is 0 Å². The Hall–Kier alpha value is -3.20. The number of hydrogen-bond donors (Lipinski definition) is 0. The van der Waals surface area contributed by atoms with Crippen LogP contribution in [0.25, 0.3) is 10.9 Å². The third kappa shape index (κ3) is 2.80. The van der Waals surface area contributed by atoms with Crippen molar-refractivity contribution < 1.29 is 4.79 Å². The fraction of sp³-hybridized carbons (Fsp3) is 0.417. The summed E-state index contributed by atoms with van der Waals surface area (Å²) in [6, 6.07) is 10.1. The van der Waals surface area contributed by atoms with Crippen LogP contribution >= 0.6 is 0 Å². The highest BCUT2D eigenvalue weighted by molar-refractivity contribution is 5.89. The Balaban J connectivity index is 1.44. The lowest BCUT2D eigenvalue weighted by atomic mass is 9.77. The van der Waals surface area contributed by atoms with Gasteiger partial charge in [-0.3, -0.25) is 4.79 Å². The summed E-state index contributed by atoms with van der Waals surface area (Å²) in [5.74, 6) is 0.915. The van der Waals surface area contributed by atoms with Crippen LogP contribution in [0.3, 0.4) is 0 Å². The van der Waals surface area contributed by atoms with E-state index in [-0.39, 0.29) is 17.9 Å². The number of carbonyl (C=O) groups is 1. The lowest BCUT2D eigenvalue weighted by Gasteiger charge is -2.40. The molecule has 1 aromatic carbocycles. The minimum atomic E-state index is -0.0391. The molecule has 1 saturated heterocycles. The maximum atomic E-state index is 13.4. The number of aromatic nitrogens is 3. The van der Waals surface area contributed by atoms with E-state index in [1.54, 1.807) is 0 Å². The molecule has 1 fully saturated rings. The highest BCUT2D eigenvalue weighted by Crippen LogP contribution is 2.43. The Kier molecular flexibility index (Phi) is 4.35. The first-order valence-corrected chi connectivity index (χ1v) is 10.6. The van der Waals surface area contributed by atoms with Gasteiger partial charge in [0.05, 0.1) is 16.8 Å². The van der Waals surface area contributed by atoms with Crippen LogP contribution in [0.1, 0.15) is 47.6 Å². The van der Waals surface area contributed by atoms with Crippen molar-refractivity contribution in [3.05, 3.63) is 58.8 Å².